The zero-order chi connectivity index (χ0) is 11.3. The number of benzene rings is 2. The van der Waals surface area contributed by atoms with Gasteiger partial charge in [0.2, 0.25) is 0 Å². The molecule has 0 amide bonds. The topological polar surface area (TPSA) is 26.0 Å². The molecule has 0 saturated carbocycles. The molecule has 0 aliphatic carbocycles. The molecule has 0 aromatic heterocycles. The summed E-state index contributed by atoms with van der Waals surface area (Å²) in [6, 6.07) is 14.2. The second kappa shape index (κ2) is 5.20. The van der Waals surface area contributed by atoms with Gasteiger partial charge in [0.15, 0.2) is 0 Å². The van der Waals surface area contributed by atoms with Crippen molar-refractivity contribution < 1.29 is 0 Å². The van der Waals surface area contributed by atoms with Crippen LogP contribution >= 0.6 is 0 Å². The molecular formula is C14H17N. The van der Waals surface area contributed by atoms with E-state index in [1.807, 2.05) is 38.1 Å². The fraction of sp³-hybridized carbons (Fsp3) is 0.143. The van der Waals surface area contributed by atoms with Gasteiger partial charge in [-0.1, -0.05) is 62.9 Å². The molecule has 0 saturated heterocycles. The summed E-state index contributed by atoms with van der Waals surface area (Å²) in [7, 11) is 0. The van der Waals surface area contributed by atoms with Crippen LogP contribution in [0, 0.1) is 0 Å². The lowest BCUT2D eigenvalue weighted by Crippen LogP contribution is -1.94. The van der Waals surface area contributed by atoms with E-state index in [0.29, 0.717) is 5.70 Å². The van der Waals surface area contributed by atoms with Crippen LogP contribution in [-0.2, 0) is 0 Å². The van der Waals surface area contributed by atoms with Crippen molar-refractivity contribution in [3.8, 4) is 0 Å². The van der Waals surface area contributed by atoms with E-state index in [0.717, 1.165) is 10.9 Å². The molecule has 0 heterocycles. The lowest BCUT2D eigenvalue weighted by Gasteiger charge is -2.04. The average molecular weight is 199 g/mol. The van der Waals surface area contributed by atoms with Gasteiger partial charge in [0, 0.05) is 11.3 Å². The van der Waals surface area contributed by atoms with E-state index in [2.05, 4.69) is 24.8 Å². The molecule has 2 N–H and O–H groups in total. The quantitative estimate of drug-likeness (QED) is 0.742. The predicted molar refractivity (Wildman–Crippen MR) is 68.5 cm³/mol. The molecule has 0 aliphatic heterocycles. The Morgan fingerprint density at radius 1 is 1.00 bits per heavy atom. The number of fused-ring (bicyclic) bond motifs is 1. The summed E-state index contributed by atoms with van der Waals surface area (Å²) in [5.74, 6) is 0. The highest BCUT2D eigenvalue weighted by atomic mass is 14.6. The fourth-order valence-electron chi connectivity index (χ4n) is 1.51. The number of rotatable bonds is 1. The first-order valence-corrected chi connectivity index (χ1v) is 5.21. The Balaban J connectivity index is 0.000000531. The van der Waals surface area contributed by atoms with Crippen LogP contribution in [0.3, 0.4) is 0 Å². The third-order valence-corrected chi connectivity index (χ3v) is 2.14. The van der Waals surface area contributed by atoms with Crippen molar-refractivity contribution in [3.63, 3.8) is 0 Å². The van der Waals surface area contributed by atoms with Crippen LogP contribution < -0.4 is 5.73 Å². The Kier molecular flexibility index (Phi) is 3.92. The SMILES string of the molecule is C=C(N)c1cccc2ccccc12.CC. The summed E-state index contributed by atoms with van der Waals surface area (Å²) in [6.45, 7) is 7.75. The molecule has 2 aromatic carbocycles. The van der Waals surface area contributed by atoms with Crippen LogP contribution in [0.15, 0.2) is 49.0 Å². The van der Waals surface area contributed by atoms with Crippen molar-refractivity contribution in [2.45, 2.75) is 13.8 Å². The first-order valence-electron chi connectivity index (χ1n) is 5.21. The molecule has 2 aromatic rings. The molecule has 0 fully saturated rings. The van der Waals surface area contributed by atoms with Crippen molar-refractivity contribution in [2.75, 3.05) is 0 Å². The van der Waals surface area contributed by atoms with Gasteiger partial charge in [-0.2, -0.15) is 0 Å². The van der Waals surface area contributed by atoms with E-state index in [1.165, 1.54) is 5.39 Å². The lowest BCUT2D eigenvalue weighted by atomic mass is 10.0. The molecule has 0 aliphatic rings. The monoisotopic (exact) mass is 199 g/mol. The second-order valence-corrected chi connectivity index (χ2v) is 3.05. The highest BCUT2D eigenvalue weighted by Crippen LogP contribution is 2.21. The Morgan fingerprint density at radius 2 is 1.60 bits per heavy atom. The van der Waals surface area contributed by atoms with Gasteiger partial charge in [-0.05, 0) is 10.8 Å². The summed E-state index contributed by atoms with van der Waals surface area (Å²) in [5.41, 5.74) is 7.33. The van der Waals surface area contributed by atoms with E-state index in [1.54, 1.807) is 0 Å². The van der Waals surface area contributed by atoms with Crippen molar-refractivity contribution >= 4 is 16.5 Å². The number of hydrogen-bond acceptors (Lipinski definition) is 1. The molecule has 2 rings (SSSR count). The summed E-state index contributed by atoms with van der Waals surface area (Å²) in [4.78, 5) is 0. The zero-order valence-corrected chi connectivity index (χ0v) is 9.33. The van der Waals surface area contributed by atoms with Crippen molar-refractivity contribution in [1.82, 2.24) is 0 Å². The Hall–Kier alpha value is -1.76. The lowest BCUT2D eigenvalue weighted by molar-refractivity contribution is 1.50. The van der Waals surface area contributed by atoms with Crippen LogP contribution in [0.4, 0.5) is 0 Å². The van der Waals surface area contributed by atoms with Crippen LogP contribution in [0.25, 0.3) is 16.5 Å². The fourth-order valence-corrected chi connectivity index (χ4v) is 1.51. The van der Waals surface area contributed by atoms with E-state index in [4.69, 9.17) is 5.73 Å². The minimum atomic E-state index is 0.622. The summed E-state index contributed by atoms with van der Waals surface area (Å²) in [6.07, 6.45) is 0. The third kappa shape index (κ3) is 2.38. The molecule has 1 heteroatoms. The molecule has 0 radical (unpaired) electrons. The van der Waals surface area contributed by atoms with Crippen LogP contribution in [0.2, 0.25) is 0 Å². The minimum Gasteiger partial charge on any atom is -0.399 e. The second-order valence-electron chi connectivity index (χ2n) is 3.05. The molecule has 78 valence electrons. The molecule has 0 atom stereocenters. The first-order chi connectivity index (χ1) is 7.29. The maximum atomic E-state index is 5.69. The summed E-state index contributed by atoms with van der Waals surface area (Å²) in [5, 5.41) is 2.36. The number of nitrogens with two attached hydrogens (primary N) is 1. The first kappa shape index (κ1) is 11.3. The van der Waals surface area contributed by atoms with Gasteiger partial charge in [-0.15, -0.1) is 0 Å². The minimum absolute atomic E-state index is 0.622. The maximum absolute atomic E-state index is 5.69. The zero-order valence-electron chi connectivity index (χ0n) is 9.33. The van der Waals surface area contributed by atoms with Gasteiger partial charge in [0.25, 0.3) is 0 Å². The van der Waals surface area contributed by atoms with Gasteiger partial charge < -0.3 is 5.73 Å². The van der Waals surface area contributed by atoms with Crippen LogP contribution in [0.1, 0.15) is 19.4 Å². The van der Waals surface area contributed by atoms with Gasteiger partial charge in [-0.3, -0.25) is 0 Å². The molecular weight excluding hydrogens is 182 g/mol. The third-order valence-electron chi connectivity index (χ3n) is 2.14. The van der Waals surface area contributed by atoms with Gasteiger partial charge in [0.05, 0.1) is 0 Å². The van der Waals surface area contributed by atoms with E-state index in [-0.39, 0.29) is 0 Å². The molecule has 0 spiro atoms. The summed E-state index contributed by atoms with van der Waals surface area (Å²) >= 11 is 0. The highest BCUT2D eigenvalue weighted by molar-refractivity contribution is 5.92. The standard InChI is InChI=1S/C12H11N.C2H6/c1-9(13)11-8-4-6-10-5-2-3-7-12(10)11;1-2/h2-8H,1,13H2;1-2H3. The molecule has 0 bridgehead atoms. The van der Waals surface area contributed by atoms with Gasteiger partial charge in [-0.25, -0.2) is 0 Å². The van der Waals surface area contributed by atoms with Gasteiger partial charge in [0.1, 0.15) is 0 Å². The van der Waals surface area contributed by atoms with Crippen molar-refractivity contribution in [1.29, 1.82) is 0 Å². The van der Waals surface area contributed by atoms with E-state index >= 15 is 0 Å². The average Bonchev–Trinajstić information content (AvgIpc) is 2.31. The molecule has 15 heavy (non-hydrogen) atoms. The largest absolute Gasteiger partial charge is 0.399 e. The normalized spacial score (nSPS) is 9.20. The molecule has 0 unspecified atom stereocenters. The Labute approximate surface area is 91.2 Å². The van der Waals surface area contributed by atoms with Crippen molar-refractivity contribution in [3.05, 3.63) is 54.6 Å². The van der Waals surface area contributed by atoms with Crippen LogP contribution in [-0.4, -0.2) is 0 Å². The predicted octanol–water partition coefficient (Wildman–Crippen LogP) is 3.80. The van der Waals surface area contributed by atoms with Crippen molar-refractivity contribution in [2.24, 2.45) is 5.73 Å². The summed E-state index contributed by atoms with van der Waals surface area (Å²) < 4.78 is 0. The van der Waals surface area contributed by atoms with Gasteiger partial charge >= 0.3 is 0 Å². The number of hydrogen-bond donors (Lipinski definition) is 1. The Morgan fingerprint density at radius 3 is 2.27 bits per heavy atom. The van der Waals surface area contributed by atoms with Crippen LogP contribution in [0.5, 0.6) is 0 Å². The highest BCUT2D eigenvalue weighted by Gasteiger charge is 1.99. The van der Waals surface area contributed by atoms with E-state index in [9.17, 15) is 0 Å². The molecule has 1 nitrogen and oxygen atoms in total. The smallest absolute Gasteiger partial charge is 0.0320 e. The van der Waals surface area contributed by atoms with E-state index < -0.39 is 0 Å². The maximum Gasteiger partial charge on any atom is 0.0320 e. The Bertz CT molecular complexity index is 452.